The highest BCUT2D eigenvalue weighted by molar-refractivity contribution is 9.10. The summed E-state index contributed by atoms with van der Waals surface area (Å²) in [7, 11) is -4.12. The van der Waals surface area contributed by atoms with Crippen molar-refractivity contribution >= 4 is 43.2 Å². The molecule has 132 valence electrons. The van der Waals surface area contributed by atoms with Crippen molar-refractivity contribution in [1.82, 2.24) is 0 Å². The summed E-state index contributed by atoms with van der Waals surface area (Å²) in [5.41, 5.74) is 0.188. The minimum Gasteiger partial charge on any atom is -0.479 e. The van der Waals surface area contributed by atoms with E-state index in [4.69, 9.17) is 4.74 Å². The highest BCUT2D eigenvalue weighted by Crippen LogP contribution is 2.37. The van der Waals surface area contributed by atoms with Crippen LogP contribution in [0, 0.1) is 11.6 Å². The van der Waals surface area contributed by atoms with Crippen molar-refractivity contribution in [2.24, 2.45) is 0 Å². The third kappa shape index (κ3) is 3.45. The lowest BCUT2D eigenvalue weighted by Gasteiger charge is -2.24. The maximum atomic E-state index is 13.3. The topological polar surface area (TPSA) is 84.5 Å². The van der Waals surface area contributed by atoms with Gasteiger partial charge in [0.25, 0.3) is 15.9 Å². The molecule has 0 saturated carbocycles. The summed E-state index contributed by atoms with van der Waals surface area (Å²) >= 11 is 3.13. The molecule has 0 aliphatic carbocycles. The van der Waals surface area contributed by atoms with Crippen LogP contribution >= 0.6 is 15.9 Å². The van der Waals surface area contributed by atoms with Crippen molar-refractivity contribution < 1.29 is 26.7 Å². The van der Waals surface area contributed by atoms with Crippen LogP contribution in [0.3, 0.4) is 0 Å². The van der Waals surface area contributed by atoms with Crippen molar-refractivity contribution in [2.45, 2.75) is 17.9 Å². The van der Waals surface area contributed by atoms with Gasteiger partial charge in [-0.15, -0.1) is 0 Å². The van der Waals surface area contributed by atoms with Gasteiger partial charge >= 0.3 is 0 Å². The zero-order chi connectivity index (χ0) is 18.4. The second-order valence-corrected chi connectivity index (χ2v) is 7.77. The van der Waals surface area contributed by atoms with Gasteiger partial charge in [0.1, 0.15) is 10.6 Å². The number of fused-ring (bicyclic) bond motifs is 1. The maximum Gasteiger partial charge on any atom is 0.265 e. The van der Waals surface area contributed by atoms with Crippen LogP contribution < -0.4 is 14.8 Å². The Morgan fingerprint density at radius 2 is 1.92 bits per heavy atom. The molecule has 1 unspecified atom stereocenters. The first-order valence-corrected chi connectivity index (χ1v) is 9.24. The Hall–Kier alpha value is -2.20. The molecule has 1 amide bonds. The molecule has 0 radical (unpaired) electrons. The first kappa shape index (κ1) is 17.6. The lowest BCUT2D eigenvalue weighted by molar-refractivity contribution is -0.122. The van der Waals surface area contributed by atoms with Crippen LogP contribution in [0.4, 0.5) is 20.2 Å². The van der Waals surface area contributed by atoms with Gasteiger partial charge in [0.05, 0.1) is 11.4 Å². The van der Waals surface area contributed by atoms with Gasteiger partial charge in [-0.05, 0) is 41.1 Å². The molecule has 0 bridgehead atoms. The molecule has 1 atom stereocenters. The normalized spacial score (nSPS) is 16.6. The number of rotatable bonds is 3. The first-order chi connectivity index (χ1) is 11.7. The number of hydrogen-bond acceptors (Lipinski definition) is 4. The van der Waals surface area contributed by atoms with E-state index in [1.807, 2.05) is 0 Å². The highest BCUT2D eigenvalue weighted by Gasteiger charge is 2.28. The second kappa shape index (κ2) is 6.26. The summed E-state index contributed by atoms with van der Waals surface area (Å²) in [6.45, 7) is 1.52. The predicted octanol–water partition coefficient (Wildman–Crippen LogP) is 3.25. The van der Waals surface area contributed by atoms with E-state index < -0.39 is 27.8 Å². The molecule has 10 heteroatoms. The molecular weight excluding hydrogens is 422 g/mol. The van der Waals surface area contributed by atoms with Crippen LogP contribution in [0.25, 0.3) is 0 Å². The number of halogens is 3. The summed E-state index contributed by atoms with van der Waals surface area (Å²) in [6.07, 6.45) is -0.775. The molecule has 2 aromatic rings. The standard InChI is InChI=1S/C15H11BrF2N2O4S/c1-7-15(21)19-12-5-9(16)14(6-13(12)24-7)25(22,23)20-8-2-3-10(17)11(18)4-8/h2-7,20H,1H3,(H,19,21). The Bertz CT molecular complexity index is 982. The van der Waals surface area contributed by atoms with Crippen LogP contribution in [0.2, 0.25) is 0 Å². The smallest absolute Gasteiger partial charge is 0.265 e. The lowest BCUT2D eigenvalue weighted by atomic mass is 10.2. The Kier molecular flexibility index (Phi) is 4.41. The number of nitrogens with one attached hydrogen (secondary N) is 2. The van der Waals surface area contributed by atoms with Crippen LogP contribution in [-0.2, 0) is 14.8 Å². The van der Waals surface area contributed by atoms with Gasteiger partial charge in [-0.1, -0.05) is 0 Å². The molecule has 0 saturated heterocycles. The predicted molar refractivity (Wildman–Crippen MR) is 90.0 cm³/mol. The molecule has 0 aromatic heterocycles. The van der Waals surface area contributed by atoms with E-state index in [1.54, 1.807) is 0 Å². The summed E-state index contributed by atoms with van der Waals surface area (Å²) in [5, 5.41) is 2.59. The summed E-state index contributed by atoms with van der Waals surface area (Å²) < 4.78 is 59.0. The number of ether oxygens (including phenoxy) is 1. The molecule has 1 heterocycles. The molecular formula is C15H11BrF2N2O4S. The lowest BCUT2D eigenvalue weighted by Crippen LogP contribution is -2.34. The third-order valence-electron chi connectivity index (χ3n) is 3.43. The van der Waals surface area contributed by atoms with E-state index in [0.29, 0.717) is 5.69 Å². The molecule has 0 spiro atoms. The number of carbonyl (C=O) groups excluding carboxylic acids is 1. The molecule has 2 aromatic carbocycles. The van der Waals surface area contributed by atoms with Gasteiger partial charge in [0.2, 0.25) is 0 Å². The number of sulfonamides is 1. The monoisotopic (exact) mass is 432 g/mol. The van der Waals surface area contributed by atoms with E-state index in [-0.39, 0.29) is 26.7 Å². The third-order valence-corrected chi connectivity index (χ3v) is 5.77. The first-order valence-electron chi connectivity index (χ1n) is 6.96. The van der Waals surface area contributed by atoms with Gasteiger partial charge in [0, 0.05) is 16.6 Å². The maximum absolute atomic E-state index is 13.3. The summed E-state index contributed by atoms with van der Waals surface area (Å²) in [4.78, 5) is 11.4. The van der Waals surface area contributed by atoms with Crippen molar-refractivity contribution in [2.75, 3.05) is 10.0 Å². The minimum absolute atomic E-state index is 0.133. The molecule has 0 fully saturated rings. The molecule has 6 nitrogen and oxygen atoms in total. The average Bonchev–Trinajstić information content (AvgIpc) is 2.51. The van der Waals surface area contributed by atoms with Crippen molar-refractivity contribution in [3.05, 3.63) is 46.4 Å². The van der Waals surface area contributed by atoms with E-state index >= 15 is 0 Å². The van der Waals surface area contributed by atoms with Gasteiger partial charge in [0.15, 0.2) is 17.7 Å². The van der Waals surface area contributed by atoms with E-state index in [1.165, 1.54) is 19.1 Å². The largest absolute Gasteiger partial charge is 0.479 e. The summed E-state index contributed by atoms with van der Waals surface area (Å²) in [6, 6.07) is 5.27. The van der Waals surface area contributed by atoms with Gasteiger partial charge in [-0.25, -0.2) is 17.2 Å². The number of benzene rings is 2. The SMILES string of the molecule is CC1Oc2cc(S(=O)(=O)Nc3ccc(F)c(F)c3)c(Br)cc2NC1=O. The molecule has 1 aliphatic rings. The van der Waals surface area contributed by atoms with Crippen LogP contribution in [0.1, 0.15) is 6.92 Å². The fraction of sp³-hybridized carbons (Fsp3) is 0.133. The zero-order valence-electron chi connectivity index (χ0n) is 12.6. The Morgan fingerprint density at radius 1 is 1.20 bits per heavy atom. The fourth-order valence-corrected chi connectivity index (χ4v) is 4.29. The van der Waals surface area contributed by atoms with Gasteiger partial charge < -0.3 is 10.1 Å². The number of hydrogen-bond donors (Lipinski definition) is 2. The van der Waals surface area contributed by atoms with Crippen molar-refractivity contribution in [3.63, 3.8) is 0 Å². The van der Waals surface area contributed by atoms with Crippen LogP contribution in [-0.4, -0.2) is 20.4 Å². The number of carbonyl (C=O) groups is 1. The van der Waals surface area contributed by atoms with Crippen LogP contribution in [0.15, 0.2) is 39.7 Å². The zero-order valence-corrected chi connectivity index (χ0v) is 15.0. The second-order valence-electron chi connectivity index (χ2n) is 5.26. The average molecular weight is 433 g/mol. The minimum atomic E-state index is -4.12. The number of amides is 1. The number of anilines is 2. The molecule has 3 rings (SSSR count). The Balaban J connectivity index is 1.98. The highest BCUT2D eigenvalue weighted by atomic mass is 79.9. The van der Waals surface area contributed by atoms with Crippen molar-refractivity contribution in [3.8, 4) is 5.75 Å². The van der Waals surface area contributed by atoms with Crippen molar-refractivity contribution in [1.29, 1.82) is 0 Å². The Morgan fingerprint density at radius 3 is 2.60 bits per heavy atom. The summed E-state index contributed by atoms with van der Waals surface area (Å²) in [5.74, 6) is -2.43. The Labute approximate surface area is 150 Å². The molecule has 1 aliphatic heterocycles. The molecule has 2 N–H and O–H groups in total. The van der Waals surface area contributed by atoms with E-state index in [0.717, 1.165) is 18.2 Å². The van der Waals surface area contributed by atoms with Gasteiger partial charge in [-0.3, -0.25) is 9.52 Å². The van der Waals surface area contributed by atoms with Gasteiger partial charge in [-0.2, -0.15) is 0 Å². The van der Waals surface area contributed by atoms with E-state index in [9.17, 15) is 22.0 Å². The van der Waals surface area contributed by atoms with E-state index in [2.05, 4.69) is 26.0 Å². The molecule has 25 heavy (non-hydrogen) atoms. The fourth-order valence-electron chi connectivity index (χ4n) is 2.18. The van der Waals surface area contributed by atoms with Crippen LogP contribution in [0.5, 0.6) is 5.75 Å². The quantitative estimate of drug-likeness (QED) is 0.779.